The van der Waals surface area contributed by atoms with Crippen LogP contribution < -0.4 is 5.32 Å². The normalized spacial score (nSPS) is 10.3. The third-order valence-corrected chi connectivity index (χ3v) is 3.02. The first-order valence-electron chi connectivity index (χ1n) is 6.40. The Balaban J connectivity index is 1.84. The first-order valence-corrected chi connectivity index (χ1v) is 6.40. The van der Waals surface area contributed by atoms with E-state index in [1.807, 2.05) is 18.2 Å². The second kappa shape index (κ2) is 5.54. The Morgan fingerprint density at radius 3 is 2.67 bits per heavy atom. The van der Waals surface area contributed by atoms with Crippen molar-refractivity contribution in [2.75, 3.05) is 5.32 Å². The van der Waals surface area contributed by atoms with E-state index in [1.54, 1.807) is 42.5 Å². The number of pyridine rings is 2. The molecule has 0 radical (unpaired) electrons. The van der Waals surface area contributed by atoms with Gasteiger partial charge in [-0.05, 0) is 24.3 Å². The summed E-state index contributed by atoms with van der Waals surface area (Å²) in [5.41, 5.74) is 2.23. The molecule has 21 heavy (non-hydrogen) atoms. The maximum Gasteiger partial charge on any atom is 0.258 e. The molecule has 0 atom stereocenters. The molecular weight excluding hydrogens is 266 g/mol. The first kappa shape index (κ1) is 13.0. The Hall–Kier alpha value is -3.02. The minimum absolute atomic E-state index is 0.215. The summed E-state index contributed by atoms with van der Waals surface area (Å²) in [7, 11) is 1.78. The topological polar surface area (TPSA) is 72.7 Å². The van der Waals surface area contributed by atoms with E-state index in [2.05, 4.69) is 20.4 Å². The van der Waals surface area contributed by atoms with Crippen LogP contribution in [-0.4, -0.2) is 25.7 Å². The van der Waals surface area contributed by atoms with Crippen molar-refractivity contribution in [3.63, 3.8) is 0 Å². The van der Waals surface area contributed by atoms with Gasteiger partial charge in [-0.3, -0.25) is 19.4 Å². The van der Waals surface area contributed by atoms with Crippen molar-refractivity contribution in [1.29, 1.82) is 0 Å². The van der Waals surface area contributed by atoms with Crippen LogP contribution in [0.15, 0.2) is 55.1 Å². The molecule has 0 spiro atoms. The molecule has 6 nitrogen and oxygen atoms in total. The van der Waals surface area contributed by atoms with Crippen LogP contribution in [0.4, 0.5) is 5.82 Å². The number of aromatic nitrogens is 4. The number of hydrogen-bond donors (Lipinski definition) is 1. The Labute approximate surface area is 121 Å². The van der Waals surface area contributed by atoms with Gasteiger partial charge < -0.3 is 5.32 Å². The molecule has 3 heterocycles. The number of rotatable bonds is 3. The van der Waals surface area contributed by atoms with Crippen LogP contribution in [0.2, 0.25) is 0 Å². The highest BCUT2D eigenvalue weighted by Gasteiger charge is 2.11. The van der Waals surface area contributed by atoms with Gasteiger partial charge in [-0.25, -0.2) is 0 Å². The lowest BCUT2D eigenvalue weighted by Crippen LogP contribution is -2.14. The fraction of sp³-hybridized carbons (Fsp3) is 0.0667. The van der Waals surface area contributed by atoms with Gasteiger partial charge in [-0.15, -0.1) is 0 Å². The van der Waals surface area contributed by atoms with Gasteiger partial charge >= 0.3 is 0 Å². The Bertz CT molecular complexity index is 752. The summed E-state index contributed by atoms with van der Waals surface area (Å²) in [6, 6.07) is 9.00. The van der Waals surface area contributed by atoms with Gasteiger partial charge in [-0.1, -0.05) is 0 Å². The van der Waals surface area contributed by atoms with E-state index in [0.717, 1.165) is 11.3 Å². The minimum atomic E-state index is -0.215. The lowest BCUT2D eigenvalue weighted by Gasteiger charge is -2.04. The van der Waals surface area contributed by atoms with Crippen LogP contribution in [0.1, 0.15) is 10.4 Å². The molecule has 0 aromatic carbocycles. The summed E-state index contributed by atoms with van der Waals surface area (Å²) in [4.78, 5) is 20.0. The SMILES string of the molecule is Cn1nc(-c2ccncc2)cc1NC(=O)c1cccnc1. The molecule has 0 aliphatic heterocycles. The summed E-state index contributed by atoms with van der Waals surface area (Å²) in [6.45, 7) is 0. The van der Waals surface area contributed by atoms with Crippen molar-refractivity contribution < 1.29 is 4.79 Å². The van der Waals surface area contributed by atoms with Gasteiger partial charge in [0.05, 0.1) is 11.3 Å². The molecule has 0 saturated heterocycles. The monoisotopic (exact) mass is 279 g/mol. The summed E-state index contributed by atoms with van der Waals surface area (Å²) in [5.74, 6) is 0.406. The predicted molar refractivity (Wildman–Crippen MR) is 78.6 cm³/mol. The largest absolute Gasteiger partial charge is 0.307 e. The maximum atomic E-state index is 12.1. The molecule has 0 fully saturated rings. The van der Waals surface area contributed by atoms with E-state index in [1.165, 1.54) is 6.20 Å². The molecule has 6 heteroatoms. The second-order valence-corrected chi connectivity index (χ2v) is 4.47. The third kappa shape index (κ3) is 2.79. The Morgan fingerprint density at radius 2 is 1.95 bits per heavy atom. The van der Waals surface area contributed by atoms with Gasteiger partial charge in [0.1, 0.15) is 5.82 Å². The van der Waals surface area contributed by atoms with Crippen LogP contribution in [0.3, 0.4) is 0 Å². The van der Waals surface area contributed by atoms with Gasteiger partial charge in [0, 0.05) is 43.5 Å². The fourth-order valence-electron chi connectivity index (χ4n) is 1.93. The van der Waals surface area contributed by atoms with Crippen molar-refractivity contribution in [3.05, 3.63) is 60.7 Å². The first-order chi connectivity index (χ1) is 10.2. The van der Waals surface area contributed by atoms with Crippen molar-refractivity contribution >= 4 is 11.7 Å². The number of aryl methyl sites for hydroxylation is 1. The Morgan fingerprint density at radius 1 is 1.14 bits per heavy atom. The van der Waals surface area contributed by atoms with E-state index < -0.39 is 0 Å². The van der Waals surface area contributed by atoms with Crippen molar-refractivity contribution in [2.24, 2.45) is 7.05 Å². The van der Waals surface area contributed by atoms with Crippen molar-refractivity contribution in [3.8, 4) is 11.3 Å². The Kier molecular flexibility index (Phi) is 3.42. The molecule has 3 aromatic heterocycles. The molecule has 1 N–H and O–H groups in total. The molecule has 0 unspecified atom stereocenters. The number of nitrogens with one attached hydrogen (secondary N) is 1. The quantitative estimate of drug-likeness (QED) is 0.797. The van der Waals surface area contributed by atoms with Gasteiger partial charge in [-0.2, -0.15) is 5.10 Å². The predicted octanol–water partition coefficient (Wildman–Crippen LogP) is 2.13. The number of hydrogen-bond acceptors (Lipinski definition) is 4. The summed E-state index contributed by atoms with van der Waals surface area (Å²) >= 11 is 0. The molecule has 0 aliphatic rings. The number of amides is 1. The molecular formula is C15H13N5O. The number of carbonyl (C=O) groups is 1. The maximum absolute atomic E-state index is 12.1. The van der Waals surface area contributed by atoms with Crippen LogP contribution in [-0.2, 0) is 7.05 Å². The van der Waals surface area contributed by atoms with Crippen LogP contribution in [0.25, 0.3) is 11.3 Å². The van der Waals surface area contributed by atoms with Crippen molar-refractivity contribution in [1.82, 2.24) is 19.7 Å². The fourth-order valence-corrected chi connectivity index (χ4v) is 1.93. The van der Waals surface area contributed by atoms with Crippen LogP contribution in [0, 0.1) is 0 Å². The summed E-state index contributed by atoms with van der Waals surface area (Å²) in [5, 5.41) is 7.21. The van der Waals surface area contributed by atoms with Gasteiger partial charge in [0.25, 0.3) is 5.91 Å². The van der Waals surface area contributed by atoms with E-state index in [-0.39, 0.29) is 5.91 Å². The molecule has 0 aliphatic carbocycles. The highest BCUT2D eigenvalue weighted by Crippen LogP contribution is 2.20. The van der Waals surface area contributed by atoms with Crippen molar-refractivity contribution in [2.45, 2.75) is 0 Å². The lowest BCUT2D eigenvalue weighted by molar-refractivity contribution is 0.102. The van der Waals surface area contributed by atoms with E-state index in [0.29, 0.717) is 11.4 Å². The second-order valence-electron chi connectivity index (χ2n) is 4.47. The average Bonchev–Trinajstić information content (AvgIpc) is 2.90. The zero-order valence-corrected chi connectivity index (χ0v) is 11.4. The van der Waals surface area contributed by atoms with Crippen LogP contribution >= 0.6 is 0 Å². The zero-order valence-electron chi connectivity index (χ0n) is 11.4. The van der Waals surface area contributed by atoms with Crippen LogP contribution in [0.5, 0.6) is 0 Å². The van der Waals surface area contributed by atoms with Gasteiger partial charge in [0.2, 0.25) is 0 Å². The number of nitrogens with zero attached hydrogens (tertiary/aromatic N) is 4. The zero-order chi connectivity index (χ0) is 14.7. The number of carbonyl (C=O) groups excluding carboxylic acids is 1. The molecule has 0 saturated carbocycles. The molecule has 1 amide bonds. The molecule has 0 bridgehead atoms. The summed E-state index contributed by atoms with van der Waals surface area (Å²) in [6.07, 6.45) is 6.56. The smallest absolute Gasteiger partial charge is 0.258 e. The highest BCUT2D eigenvalue weighted by molar-refractivity contribution is 6.03. The summed E-state index contributed by atoms with van der Waals surface area (Å²) < 4.78 is 1.63. The molecule has 3 aromatic rings. The van der Waals surface area contributed by atoms with E-state index in [9.17, 15) is 4.79 Å². The molecule has 104 valence electrons. The average molecular weight is 279 g/mol. The number of anilines is 1. The standard InChI is InChI=1S/C15H13N5O/c1-20-14(18-15(21)12-3-2-6-17-10-12)9-13(19-20)11-4-7-16-8-5-11/h2-10H,1H3,(H,18,21). The molecule has 3 rings (SSSR count). The van der Waals surface area contributed by atoms with E-state index in [4.69, 9.17) is 0 Å². The third-order valence-electron chi connectivity index (χ3n) is 3.02. The van der Waals surface area contributed by atoms with Gasteiger partial charge in [0.15, 0.2) is 0 Å². The lowest BCUT2D eigenvalue weighted by atomic mass is 10.2. The minimum Gasteiger partial charge on any atom is -0.307 e. The van der Waals surface area contributed by atoms with E-state index >= 15 is 0 Å². The highest BCUT2D eigenvalue weighted by atomic mass is 16.1.